The summed E-state index contributed by atoms with van der Waals surface area (Å²) in [4.78, 5) is 4.52. The molecule has 1 nitrogen and oxygen atoms in total. The predicted molar refractivity (Wildman–Crippen MR) is 92.9 cm³/mol. The van der Waals surface area contributed by atoms with Crippen LogP contribution in [0.4, 0.5) is 5.69 Å². The molecule has 0 spiro atoms. The molecule has 19 heavy (non-hydrogen) atoms. The lowest BCUT2D eigenvalue weighted by Crippen LogP contribution is -2.29. The van der Waals surface area contributed by atoms with Gasteiger partial charge in [0.05, 0.1) is 16.8 Å². The van der Waals surface area contributed by atoms with Crippen molar-refractivity contribution in [3.63, 3.8) is 0 Å². The van der Waals surface area contributed by atoms with Crippen molar-refractivity contribution in [1.29, 1.82) is 0 Å². The molecule has 0 fully saturated rings. The van der Waals surface area contributed by atoms with Crippen molar-refractivity contribution in [2.75, 3.05) is 0 Å². The van der Waals surface area contributed by atoms with Crippen molar-refractivity contribution in [1.82, 2.24) is 0 Å². The molecule has 0 bridgehead atoms. The Hall–Kier alpha value is -0.0300. The van der Waals surface area contributed by atoms with Gasteiger partial charge >= 0.3 is 0 Å². The summed E-state index contributed by atoms with van der Waals surface area (Å²) in [5.74, 6) is 0. The maximum atomic E-state index is 5.97. The summed E-state index contributed by atoms with van der Waals surface area (Å²) in [6.07, 6.45) is 7.48. The molecule has 100 valence electrons. The topological polar surface area (TPSA) is 12.4 Å². The molecule has 0 aromatic heterocycles. The molecule has 0 unspecified atom stereocenters. The Balaban J connectivity index is 2.22. The van der Waals surface area contributed by atoms with E-state index in [1.807, 2.05) is 55.5 Å². The van der Waals surface area contributed by atoms with Crippen LogP contribution >= 0.6 is 57.4 Å². The monoisotopic (exact) mass is 425 g/mol. The smallest absolute Gasteiger partial charge is 0.202 e. The van der Waals surface area contributed by atoms with E-state index in [1.54, 1.807) is 0 Å². The van der Waals surface area contributed by atoms with Crippen LogP contribution < -0.4 is 0 Å². The number of nitrogens with zero attached hydrogens (tertiary/aromatic N) is 1. The van der Waals surface area contributed by atoms with E-state index >= 15 is 0 Å². The number of hydrogen-bond donors (Lipinski definition) is 0. The van der Waals surface area contributed by atoms with Crippen LogP contribution in [0, 0.1) is 8.99 Å². The molecule has 1 aliphatic carbocycles. The average molecular weight is 427 g/mol. The van der Waals surface area contributed by atoms with E-state index in [0.29, 0.717) is 0 Å². The first-order chi connectivity index (χ1) is 8.80. The minimum Gasteiger partial charge on any atom is -0.249 e. The summed E-state index contributed by atoms with van der Waals surface area (Å²) in [5, 5.41) is 0. The number of alkyl halides is 3. The third kappa shape index (κ3) is 3.75. The average Bonchev–Trinajstić information content (AvgIpc) is 2.34. The Morgan fingerprint density at radius 3 is 2.05 bits per heavy atom. The zero-order valence-electron chi connectivity index (χ0n) is 10.1. The molecule has 1 aliphatic rings. The van der Waals surface area contributed by atoms with E-state index in [4.69, 9.17) is 34.8 Å². The van der Waals surface area contributed by atoms with Gasteiger partial charge in [0.25, 0.3) is 0 Å². The fraction of sp³-hybridized carbons (Fsp3) is 0.214. The van der Waals surface area contributed by atoms with Crippen LogP contribution in [0.3, 0.4) is 0 Å². The molecule has 0 aliphatic heterocycles. The molecule has 0 amide bonds. The van der Waals surface area contributed by atoms with E-state index < -0.39 is 9.21 Å². The molecule has 0 saturated carbocycles. The maximum Gasteiger partial charge on any atom is 0.202 e. The first-order valence-corrected chi connectivity index (χ1v) is 7.81. The third-order valence-corrected chi connectivity index (χ3v) is 4.84. The number of aliphatic imine (C=N–C) groups is 1. The summed E-state index contributed by atoms with van der Waals surface area (Å²) >= 11 is 20.2. The summed E-state index contributed by atoms with van der Waals surface area (Å²) in [6.45, 7) is 1.87. The van der Waals surface area contributed by atoms with E-state index in [9.17, 15) is 0 Å². The van der Waals surface area contributed by atoms with Gasteiger partial charge in [0.15, 0.2) is 0 Å². The van der Waals surface area contributed by atoms with Crippen molar-refractivity contribution >= 4 is 68.8 Å². The first-order valence-electron chi connectivity index (χ1n) is 5.60. The van der Waals surface area contributed by atoms with Crippen LogP contribution in [0.5, 0.6) is 0 Å². The number of rotatable bonds is 1. The van der Waals surface area contributed by atoms with Crippen molar-refractivity contribution in [2.45, 2.75) is 10.7 Å². The molecular formula is C14H11Cl3IN. The third-order valence-electron chi connectivity index (χ3n) is 2.90. The molecule has 5 heteroatoms. The summed E-state index contributed by atoms with van der Waals surface area (Å²) in [5.41, 5.74) is 1.14. The fourth-order valence-electron chi connectivity index (χ4n) is 1.56. The van der Waals surface area contributed by atoms with Gasteiger partial charge < -0.3 is 0 Å². The Kier molecular flexibility index (Phi) is 4.66. The van der Waals surface area contributed by atoms with E-state index in [1.165, 1.54) is 3.57 Å². The van der Waals surface area contributed by atoms with Crippen LogP contribution in [0.2, 0.25) is 0 Å². The van der Waals surface area contributed by atoms with Crippen LogP contribution in [-0.2, 0) is 0 Å². The fourth-order valence-corrected chi connectivity index (χ4v) is 2.29. The standard InChI is InChI=1S/C14H11Cl3IN/c1-13(14(15,16)17)8-6-12(7-9-13)19-11-4-2-10(18)3-5-11/h2-9H,1H3. The Labute approximate surface area is 141 Å². The molecule has 0 heterocycles. The van der Waals surface area contributed by atoms with Gasteiger partial charge in [-0.3, -0.25) is 0 Å². The number of benzene rings is 1. The van der Waals surface area contributed by atoms with Gasteiger partial charge in [-0.25, -0.2) is 4.99 Å². The normalized spacial score (nSPS) is 22.7. The van der Waals surface area contributed by atoms with Crippen molar-refractivity contribution in [3.05, 3.63) is 52.1 Å². The number of hydrogen-bond acceptors (Lipinski definition) is 1. The SMILES string of the molecule is CC1(C(Cl)(Cl)Cl)C=CC(=Nc2ccc(I)cc2)C=C1. The van der Waals surface area contributed by atoms with Crippen LogP contribution in [0.15, 0.2) is 53.6 Å². The van der Waals surface area contributed by atoms with E-state index in [-0.39, 0.29) is 0 Å². The van der Waals surface area contributed by atoms with Gasteiger partial charge in [-0.15, -0.1) is 0 Å². The molecule has 2 rings (SSSR count). The van der Waals surface area contributed by atoms with Crippen molar-refractivity contribution in [2.24, 2.45) is 10.4 Å². The molecule has 1 aromatic carbocycles. The Morgan fingerprint density at radius 1 is 1.05 bits per heavy atom. The number of halogens is 4. The molecular weight excluding hydrogens is 415 g/mol. The minimum atomic E-state index is -1.37. The largest absolute Gasteiger partial charge is 0.249 e. The summed E-state index contributed by atoms with van der Waals surface area (Å²) in [7, 11) is 0. The van der Waals surface area contributed by atoms with Gasteiger partial charge in [-0.1, -0.05) is 47.0 Å². The highest BCUT2D eigenvalue weighted by Crippen LogP contribution is 2.47. The van der Waals surface area contributed by atoms with Crippen LogP contribution in [0.1, 0.15) is 6.92 Å². The van der Waals surface area contributed by atoms with Crippen molar-refractivity contribution in [3.8, 4) is 0 Å². The van der Waals surface area contributed by atoms with Crippen LogP contribution in [0.25, 0.3) is 0 Å². The highest BCUT2D eigenvalue weighted by molar-refractivity contribution is 14.1. The van der Waals surface area contributed by atoms with Gasteiger partial charge in [-0.05, 0) is 65.9 Å². The first kappa shape index (κ1) is 15.4. The molecule has 1 aromatic rings. The van der Waals surface area contributed by atoms with Crippen molar-refractivity contribution < 1.29 is 0 Å². The van der Waals surface area contributed by atoms with Gasteiger partial charge in [0.1, 0.15) is 0 Å². The van der Waals surface area contributed by atoms with Gasteiger partial charge in [0.2, 0.25) is 3.79 Å². The lowest BCUT2D eigenvalue weighted by Gasteiger charge is -2.31. The minimum absolute atomic E-state index is 0.608. The number of allylic oxidation sites excluding steroid dienone is 4. The summed E-state index contributed by atoms with van der Waals surface area (Å²) < 4.78 is -0.186. The molecule has 0 N–H and O–H groups in total. The second-order valence-electron chi connectivity index (χ2n) is 4.46. The van der Waals surface area contributed by atoms with E-state index in [0.717, 1.165) is 11.4 Å². The Bertz CT molecular complexity index is 537. The second-order valence-corrected chi connectivity index (χ2v) is 7.99. The predicted octanol–water partition coefficient (Wildman–Crippen LogP) is 5.87. The highest BCUT2D eigenvalue weighted by atomic mass is 127. The highest BCUT2D eigenvalue weighted by Gasteiger charge is 2.41. The molecule has 0 radical (unpaired) electrons. The van der Waals surface area contributed by atoms with Crippen LogP contribution in [-0.4, -0.2) is 9.50 Å². The summed E-state index contributed by atoms with van der Waals surface area (Å²) in [6, 6.07) is 7.97. The zero-order valence-corrected chi connectivity index (χ0v) is 14.5. The second kappa shape index (κ2) is 5.76. The quantitative estimate of drug-likeness (QED) is 0.394. The van der Waals surface area contributed by atoms with Gasteiger partial charge in [-0.2, -0.15) is 0 Å². The molecule has 0 atom stereocenters. The lowest BCUT2D eigenvalue weighted by molar-refractivity contribution is 0.565. The zero-order chi connectivity index (χ0) is 14.1. The Morgan fingerprint density at radius 2 is 1.58 bits per heavy atom. The lowest BCUT2D eigenvalue weighted by atomic mass is 9.87. The van der Waals surface area contributed by atoms with Gasteiger partial charge in [0, 0.05) is 3.57 Å². The molecule has 0 saturated heterocycles. The van der Waals surface area contributed by atoms with E-state index in [2.05, 4.69) is 27.6 Å². The maximum absolute atomic E-state index is 5.97.